The lowest BCUT2D eigenvalue weighted by molar-refractivity contribution is 0.0421. The first-order valence-electron chi connectivity index (χ1n) is 8.76. The van der Waals surface area contributed by atoms with Gasteiger partial charge < -0.3 is 9.47 Å². The molecule has 5 heteroatoms. The van der Waals surface area contributed by atoms with Crippen molar-refractivity contribution >= 4 is 0 Å². The largest absolute Gasteiger partial charge is 0.497 e. The van der Waals surface area contributed by atoms with Gasteiger partial charge in [-0.15, -0.1) is 6.58 Å². The Bertz CT molecular complexity index is 681. The monoisotopic (exact) mass is 341 g/mol. The third kappa shape index (κ3) is 4.50. The average Bonchev–Trinajstić information content (AvgIpc) is 3.21. The zero-order valence-corrected chi connectivity index (χ0v) is 15.1. The highest BCUT2D eigenvalue weighted by Crippen LogP contribution is 2.26. The van der Waals surface area contributed by atoms with Crippen molar-refractivity contribution in [3.8, 4) is 5.75 Å². The fourth-order valence-electron chi connectivity index (χ4n) is 3.51. The van der Waals surface area contributed by atoms with E-state index in [4.69, 9.17) is 9.47 Å². The molecule has 1 saturated heterocycles. The molecule has 0 aliphatic carbocycles. The molecular formula is C20H27N3O2. The van der Waals surface area contributed by atoms with Crippen molar-refractivity contribution < 1.29 is 9.47 Å². The van der Waals surface area contributed by atoms with Crippen molar-refractivity contribution in [2.24, 2.45) is 7.05 Å². The number of ether oxygens (including phenoxy) is 2. The summed E-state index contributed by atoms with van der Waals surface area (Å²) in [5.41, 5.74) is 2.54. The summed E-state index contributed by atoms with van der Waals surface area (Å²) in [4.78, 5) is 2.52. The molecule has 1 fully saturated rings. The summed E-state index contributed by atoms with van der Waals surface area (Å²) in [6.45, 7) is 6.34. The lowest BCUT2D eigenvalue weighted by Gasteiger charge is -2.28. The van der Waals surface area contributed by atoms with Gasteiger partial charge in [0.05, 0.1) is 26.0 Å². The minimum absolute atomic E-state index is 0.233. The Labute approximate surface area is 149 Å². The van der Waals surface area contributed by atoms with Crippen LogP contribution in [0.25, 0.3) is 0 Å². The van der Waals surface area contributed by atoms with Crippen LogP contribution in [0.5, 0.6) is 5.75 Å². The average molecular weight is 341 g/mol. The van der Waals surface area contributed by atoms with E-state index >= 15 is 0 Å². The maximum Gasteiger partial charge on any atom is 0.118 e. The Morgan fingerprint density at radius 1 is 1.28 bits per heavy atom. The van der Waals surface area contributed by atoms with E-state index in [1.807, 2.05) is 36.1 Å². The Morgan fingerprint density at radius 2 is 2.08 bits per heavy atom. The highest BCUT2D eigenvalue weighted by atomic mass is 16.5. The van der Waals surface area contributed by atoms with Crippen molar-refractivity contribution in [2.45, 2.75) is 31.5 Å². The second-order valence-corrected chi connectivity index (χ2v) is 6.56. The Hall–Kier alpha value is -2.11. The number of rotatable bonds is 8. The maximum atomic E-state index is 6.04. The number of methoxy groups -OCH3 is 1. The van der Waals surface area contributed by atoms with Crippen LogP contribution in [0, 0.1) is 0 Å². The van der Waals surface area contributed by atoms with Crippen LogP contribution in [0.1, 0.15) is 17.5 Å². The third-order valence-corrected chi connectivity index (χ3v) is 4.78. The molecule has 1 aromatic heterocycles. The smallest absolute Gasteiger partial charge is 0.118 e. The van der Waals surface area contributed by atoms with E-state index < -0.39 is 0 Å². The Morgan fingerprint density at radius 3 is 2.72 bits per heavy atom. The van der Waals surface area contributed by atoms with Gasteiger partial charge in [-0.1, -0.05) is 18.2 Å². The van der Waals surface area contributed by atoms with Gasteiger partial charge in [-0.3, -0.25) is 9.58 Å². The predicted molar refractivity (Wildman–Crippen MR) is 98.7 cm³/mol. The number of likely N-dealkylation sites (tertiary alicyclic amines) is 1. The highest BCUT2D eigenvalue weighted by molar-refractivity contribution is 5.27. The van der Waals surface area contributed by atoms with E-state index in [0.717, 1.165) is 31.7 Å². The third-order valence-electron chi connectivity index (χ3n) is 4.78. The van der Waals surface area contributed by atoms with Gasteiger partial charge in [-0.05, 0) is 36.1 Å². The molecule has 5 nitrogen and oxygen atoms in total. The molecule has 0 amide bonds. The molecule has 0 bridgehead atoms. The lowest BCUT2D eigenvalue weighted by Crippen LogP contribution is -2.37. The fraction of sp³-hybridized carbons (Fsp3) is 0.450. The summed E-state index contributed by atoms with van der Waals surface area (Å²) in [6.07, 6.45) is 8.10. The normalized spacial score (nSPS) is 20.7. The maximum absolute atomic E-state index is 6.04. The van der Waals surface area contributed by atoms with Crippen LogP contribution in [0.2, 0.25) is 0 Å². The van der Waals surface area contributed by atoms with Crippen LogP contribution in [0.3, 0.4) is 0 Å². The number of nitrogens with zero attached hydrogens (tertiary/aromatic N) is 3. The fourth-order valence-corrected chi connectivity index (χ4v) is 3.51. The minimum atomic E-state index is 0.233. The first-order valence-corrected chi connectivity index (χ1v) is 8.76. The van der Waals surface area contributed by atoms with E-state index in [-0.39, 0.29) is 6.10 Å². The molecule has 2 atom stereocenters. The summed E-state index contributed by atoms with van der Waals surface area (Å²) in [5, 5.41) is 4.30. The summed E-state index contributed by atoms with van der Waals surface area (Å²) in [5.74, 6) is 0.893. The van der Waals surface area contributed by atoms with Gasteiger partial charge in [0.2, 0.25) is 0 Å². The molecule has 1 aliphatic rings. The molecule has 1 aliphatic heterocycles. The molecule has 0 radical (unpaired) electrons. The first-order chi connectivity index (χ1) is 12.2. The second kappa shape index (κ2) is 8.32. The zero-order valence-electron chi connectivity index (χ0n) is 15.1. The van der Waals surface area contributed by atoms with Crippen molar-refractivity contribution in [1.82, 2.24) is 14.7 Å². The number of aromatic nitrogens is 2. The van der Waals surface area contributed by atoms with Gasteiger partial charge in [-0.2, -0.15) is 5.10 Å². The van der Waals surface area contributed by atoms with E-state index in [9.17, 15) is 0 Å². The Balaban J connectivity index is 1.71. The summed E-state index contributed by atoms with van der Waals surface area (Å²) >= 11 is 0. The van der Waals surface area contributed by atoms with Crippen LogP contribution in [0.4, 0.5) is 0 Å². The van der Waals surface area contributed by atoms with Gasteiger partial charge >= 0.3 is 0 Å². The van der Waals surface area contributed by atoms with E-state index in [0.29, 0.717) is 12.6 Å². The highest BCUT2D eigenvalue weighted by Gasteiger charge is 2.34. The van der Waals surface area contributed by atoms with Crippen LogP contribution in [-0.4, -0.2) is 47.1 Å². The van der Waals surface area contributed by atoms with Gasteiger partial charge in [0, 0.05) is 32.4 Å². The molecule has 1 aromatic carbocycles. The van der Waals surface area contributed by atoms with Crippen molar-refractivity contribution in [2.75, 3.05) is 20.3 Å². The van der Waals surface area contributed by atoms with Crippen LogP contribution >= 0.6 is 0 Å². The predicted octanol–water partition coefficient (Wildman–Crippen LogP) is 2.82. The number of aryl methyl sites for hydroxylation is 1. The molecule has 25 heavy (non-hydrogen) atoms. The minimum Gasteiger partial charge on any atom is -0.497 e. The topological polar surface area (TPSA) is 39.5 Å². The van der Waals surface area contributed by atoms with Crippen molar-refractivity contribution in [3.05, 3.63) is 60.4 Å². The van der Waals surface area contributed by atoms with Crippen LogP contribution in [0.15, 0.2) is 49.3 Å². The van der Waals surface area contributed by atoms with E-state index in [1.54, 1.807) is 7.11 Å². The number of benzene rings is 1. The van der Waals surface area contributed by atoms with Crippen molar-refractivity contribution in [3.63, 3.8) is 0 Å². The first kappa shape index (κ1) is 17.7. The molecule has 0 unspecified atom stereocenters. The quantitative estimate of drug-likeness (QED) is 0.692. The van der Waals surface area contributed by atoms with Crippen molar-refractivity contribution in [1.29, 1.82) is 0 Å². The molecule has 0 saturated carbocycles. The van der Waals surface area contributed by atoms with Crippen LogP contribution < -0.4 is 4.74 Å². The standard InChI is InChI=1S/C20H27N3O2/c1-4-11-25-20-9-10-23(15-16-5-7-18(24-3)8-6-16)19(20)12-17-13-21-22(2)14-17/h4-8,13-14,19-20H,1,9-12,15H2,2-3H3/t19-,20+/m0/s1. The molecule has 0 spiro atoms. The summed E-state index contributed by atoms with van der Waals surface area (Å²) in [7, 11) is 3.65. The number of hydrogen-bond donors (Lipinski definition) is 0. The van der Waals surface area contributed by atoms with Gasteiger partial charge in [0.15, 0.2) is 0 Å². The van der Waals surface area contributed by atoms with Gasteiger partial charge in [0.1, 0.15) is 5.75 Å². The van der Waals surface area contributed by atoms with E-state index in [1.165, 1.54) is 11.1 Å². The summed E-state index contributed by atoms with van der Waals surface area (Å²) in [6, 6.07) is 8.67. The lowest BCUT2D eigenvalue weighted by atomic mass is 10.0. The zero-order chi connectivity index (χ0) is 17.6. The summed E-state index contributed by atoms with van der Waals surface area (Å²) < 4.78 is 13.2. The van der Waals surface area contributed by atoms with Crippen LogP contribution in [-0.2, 0) is 24.8 Å². The molecule has 2 heterocycles. The second-order valence-electron chi connectivity index (χ2n) is 6.56. The van der Waals surface area contributed by atoms with E-state index in [2.05, 4.69) is 34.9 Å². The molecule has 134 valence electrons. The van der Waals surface area contributed by atoms with Gasteiger partial charge in [-0.25, -0.2) is 0 Å². The molecular weight excluding hydrogens is 314 g/mol. The number of hydrogen-bond acceptors (Lipinski definition) is 4. The Kier molecular flexibility index (Phi) is 5.89. The molecule has 0 N–H and O–H groups in total. The SMILES string of the molecule is C=CCO[C@@H]1CCN(Cc2ccc(OC)cc2)[C@H]1Cc1cnn(C)c1. The molecule has 2 aromatic rings. The van der Waals surface area contributed by atoms with Gasteiger partial charge in [0.25, 0.3) is 0 Å². The molecule has 3 rings (SSSR count).